The number of hydrogen-bond donors (Lipinski definition) is 0. The highest BCUT2D eigenvalue weighted by molar-refractivity contribution is 5.65. The average Bonchev–Trinajstić information content (AvgIpc) is 2.96. The molecule has 0 saturated heterocycles. The van der Waals surface area contributed by atoms with Crippen molar-refractivity contribution in [3.8, 4) is 16.9 Å². The van der Waals surface area contributed by atoms with E-state index in [0.29, 0.717) is 0 Å². The molecule has 0 aliphatic heterocycles. The Labute approximate surface area is 144 Å². The van der Waals surface area contributed by atoms with Gasteiger partial charge in [0, 0.05) is 11.6 Å². The molecule has 0 atom stereocenters. The van der Waals surface area contributed by atoms with Crippen molar-refractivity contribution in [3.63, 3.8) is 0 Å². The third kappa shape index (κ3) is 2.78. The first-order valence-corrected chi connectivity index (χ1v) is 7.16. The Morgan fingerprint density at radius 3 is 2.22 bits per heavy atom. The maximum Gasteiger partial charge on any atom is 0.291 e. The van der Waals surface area contributed by atoms with Crippen LogP contribution in [0.25, 0.3) is 22.6 Å². The third-order valence-corrected chi connectivity index (χ3v) is 3.75. The van der Waals surface area contributed by atoms with Gasteiger partial charge >= 0.3 is 0 Å². The Bertz CT molecular complexity index is 931. The van der Waals surface area contributed by atoms with Gasteiger partial charge in [0.15, 0.2) is 5.69 Å². The molecule has 0 bridgehead atoms. The maximum atomic E-state index is 13.2. The van der Waals surface area contributed by atoms with E-state index in [1.54, 1.807) is 0 Å². The minimum absolute atomic E-state index is 0. The maximum absolute atomic E-state index is 13.2. The summed E-state index contributed by atoms with van der Waals surface area (Å²) >= 11 is 0. The highest BCUT2D eigenvalue weighted by Crippen LogP contribution is 2.24. The van der Waals surface area contributed by atoms with Gasteiger partial charge in [-0.15, -0.1) is 0 Å². The zero-order chi connectivity index (χ0) is 14.9. The van der Waals surface area contributed by atoms with Gasteiger partial charge in [-0.3, -0.25) is 0 Å². The summed E-state index contributed by atoms with van der Waals surface area (Å²) < 4.78 is 17.5. The van der Waals surface area contributed by atoms with Gasteiger partial charge in [0.25, 0.3) is 5.65 Å². The predicted octanol–water partition coefficient (Wildman–Crippen LogP) is 1.03. The second-order valence-corrected chi connectivity index (χ2v) is 5.16. The van der Waals surface area contributed by atoms with Gasteiger partial charge in [-0.1, -0.05) is 24.3 Å². The van der Waals surface area contributed by atoms with Crippen LogP contribution in [0.1, 0.15) is 0 Å². The Kier molecular flexibility index (Phi) is 4.26. The zero-order valence-corrected chi connectivity index (χ0v) is 13.8. The smallest absolute Gasteiger partial charge is 0.291 e. The van der Waals surface area contributed by atoms with Crippen LogP contribution in [0.3, 0.4) is 0 Å². The van der Waals surface area contributed by atoms with E-state index in [4.69, 9.17) is 0 Å². The Morgan fingerprint density at radius 2 is 1.48 bits per heavy atom. The van der Waals surface area contributed by atoms with Crippen LogP contribution in [-0.4, -0.2) is 4.57 Å². The van der Waals surface area contributed by atoms with E-state index < -0.39 is 0 Å². The number of pyridine rings is 1. The van der Waals surface area contributed by atoms with Gasteiger partial charge in [-0.25, -0.2) is 8.79 Å². The van der Waals surface area contributed by atoms with Gasteiger partial charge in [0.2, 0.25) is 0 Å². The SMILES string of the molecule is Fc1ccc(-c2c[n+]3ccccc3n2-c2ccccc2)cc1.[Br-]. The molecule has 0 aliphatic carbocycles. The molecule has 4 heteroatoms. The van der Waals surface area contributed by atoms with Crippen molar-refractivity contribution in [1.29, 1.82) is 0 Å². The molecule has 23 heavy (non-hydrogen) atoms. The Balaban J connectivity index is 0.00000156. The van der Waals surface area contributed by atoms with E-state index in [2.05, 4.69) is 33.4 Å². The van der Waals surface area contributed by atoms with E-state index in [9.17, 15) is 4.39 Å². The highest BCUT2D eigenvalue weighted by atomic mass is 79.9. The lowest BCUT2D eigenvalue weighted by Crippen LogP contribution is -3.00. The normalized spacial score (nSPS) is 10.5. The third-order valence-electron chi connectivity index (χ3n) is 3.75. The summed E-state index contributed by atoms with van der Waals surface area (Å²) in [5, 5.41) is 0. The summed E-state index contributed by atoms with van der Waals surface area (Å²) in [7, 11) is 0. The summed E-state index contributed by atoms with van der Waals surface area (Å²) in [6.45, 7) is 0. The molecule has 0 unspecified atom stereocenters. The van der Waals surface area contributed by atoms with Crippen molar-refractivity contribution >= 4 is 5.65 Å². The molecule has 2 heterocycles. The second-order valence-electron chi connectivity index (χ2n) is 5.16. The largest absolute Gasteiger partial charge is 1.00 e. The number of benzene rings is 2. The summed E-state index contributed by atoms with van der Waals surface area (Å²) in [5.41, 5.74) is 4.15. The molecule has 0 radical (unpaired) electrons. The molecule has 2 aromatic carbocycles. The van der Waals surface area contributed by atoms with Crippen LogP contribution in [-0.2, 0) is 0 Å². The lowest BCUT2D eigenvalue weighted by Gasteiger charge is -2.02. The molecular weight excluding hydrogens is 355 g/mol. The monoisotopic (exact) mass is 368 g/mol. The first kappa shape index (κ1) is 15.4. The molecule has 0 amide bonds. The molecule has 0 spiro atoms. The van der Waals surface area contributed by atoms with Gasteiger partial charge in [0.1, 0.15) is 17.7 Å². The number of hydrogen-bond acceptors (Lipinski definition) is 0. The minimum atomic E-state index is -0.223. The summed E-state index contributed by atoms with van der Waals surface area (Å²) in [6.07, 6.45) is 4.08. The fourth-order valence-corrected chi connectivity index (χ4v) is 2.73. The molecular formula is C19H14BrFN2. The molecule has 114 valence electrons. The molecule has 4 aromatic rings. The highest BCUT2D eigenvalue weighted by Gasteiger charge is 2.20. The van der Waals surface area contributed by atoms with Crippen LogP contribution in [0.15, 0.2) is 85.2 Å². The van der Waals surface area contributed by atoms with E-state index in [-0.39, 0.29) is 22.8 Å². The van der Waals surface area contributed by atoms with Gasteiger partial charge in [-0.2, -0.15) is 4.57 Å². The fraction of sp³-hybridized carbons (Fsp3) is 0. The van der Waals surface area contributed by atoms with Crippen molar-refractivity contribution < 1.29 is 25.8 Å². The van der Waals surface area contributed by atoms with Crippen molar-refractivity contribution in [3.05, 3.63) is 91.0 Å². The van der Waals surface area contributed by atoms with Crippen LogP contribution in [0, 0.1) is 5.82 Å². The number of rotatable bonds is 2. The molecule has 2 aromatic heterocycles. The van der Waals surface area contributed by atoms with E-state index in [1.165, 1.54) is 12.1 Å². The fourth-order valence-electron chi connectivity index (χ4n) is 2.73. The topological polar surface area (TPSA) is 9.03 Å². The van der Waals surface area contributed by atoms with Gasteiger partial charge < -0.3 is 17.0 Å². The van der Waals surface area contributed by atoms with Crippen LogP contribution in [0.5, 0.6) is 0 Å². The first-order chi connectivity index (χ1) is 10.8. The van der Waals surface area contributed by atoms with E-state index in [0.717, 1.165) is 22.6 Å². The quantitative estimate of drug-likeness (QED) is 0.467. The number of fused-ring (bicyclic) bond motifs is 1. The molecule has 0 saturated carbocycles. The Morgan fingerprint density at radius 1 is 0.783 bits per heavy atom. The number of halogens is 2. The van der Waals surface area contributed by atoms with E-state index in [1.807, 2.05) is 48.7 Å². The predicted molar refractivity (Wildman–Crippen MR) is 84.3 cm³/mol. The van der Waals surface area contributed by atoms with Crippen molar-refractivity contribution in [2.24, 2.45) is 0 Å². The number of para-hydroxylation sites is 1. The lowest BCUT2D eigenvalue weighted by molar-refractivity contribution is -0.510. The minimum Gasteiger partial charge on any atom is -1.00 e. The van der Waals surface area contributed by atoms with Gasteiger partial charge in [0.05, 0.1) is 6.20 Å². The second kappa shape index (κ2) is 6.34. The molecule has 4 rings (SSSR count). The standard InChI is InChI=1S/C19H14FN2.BrH/c20-16-11-9-15(10-12-16)18-14-21-13-5-4-8-19(21)22(18)17-6-2-1-3-7-17;/h1-14H;1H/q+1;/p-1. The van der Waals surface area contributed by atoms with Crippen LogP contribution in [0.2, 0.25) is 0 Å². The van der Waals surface area contributed by atoms with Crippen molar-refractivity contribution in [1.82, 2.24) is 4.57 Å². The lowest BCUT2D eigenvalue weighted by atomic mass is 10.1. The van der Waals surface area contributed by atoms with E-state index >= 15 is 0 Å². The van der Waals surface area contributed by atoms with Crippen LogP contribution in [0.4, 0.5) is 4.39 Å². The molecule has 0 fully saturated rings. The van der Waals surface area contributed by atoms with Crippen molar-refractivity contribution in [2.75, 3.05) is 0 Å². The molecule has 0 N–H and O–H groups in total. The molecule has 0 aliphatic rings. The van der Waals surface area contributed by atoms with Crippen LogP contribution < -0.4 is 21.4 Å². The number of nitrogens with zero attached hydrogens (tertiary/aromatic N) is 2. The number of aromatic nitrogens is 2. The Hall–Kier alpha value is -2.46. The summed E-state index contributed by atoms with van der Waals surface area (Å²) in [5.74, 6) is -0.223. The first-order valence-electron chi connectivity index (χ1n) is 7.16. The van der Waals surface area contributed by atoms with Crippen LogP contribution >= 0.6 is 0 Å². The zero-order valence-electron chi connectivity index (χ0n) is 12.2. The average molecular weight is 369 g/mol. The summed E-state index contributed by atoms with van der Waals surface area (Å²) in [6, 6.07) is 22.9. The van der Waals surface area contributed by atoms with Gasteiger partial charge in [-0.05, 0) is 42.5 Å². The molecule has 2 nitrogen and oxygen atoms in total. The summed E-state index contributed by atoms with van der Waals surface area (Å²) in [4.78, 5) is 0. The van der Waals surface area contributed by atoms with Crippen molar-refractivity contribution in [2.45, 2.75) is 0 Å². The number of imidazole rings is 1.